The van der Waals surface area contributed by atoms with Crippen LogP contribution in [-0.4, -0.2) is 16.1 Å². The van der Waals surface area contributed by atoms with Crippen molar-refractivity contribution in [2.24, 2.45) is 0 Å². The van der Waals surface area contributed by atoms with Crippen LogP contribution in [-0.2, 0) is 0 Å². The Bertz CT molecular complexity index is 1110. The van der Waals surface area contributed by atoms with Gasteiger partial charge in [0.25, 0.3) is 0 Å². The standard InChI is InChI=1S/C36H50Si2/c1-9-35(29-20-24-33(25-21-29)37(11-3,12-4)13-5)31-18-17-19-32(28-31)36(10-2)30-22-26-34(27-23-30)38(14-6,15-7)16-8/h9-10,17-28H,11-16H2,1-8H3/b35-9-,36-10+. The summed E-state index contributed by atoms with van der Waals surface area (Å²) in [5.74, 6) is 0. The van der Waals surface area contributed by atoms with Crippen molar-refractivity contribution < 1.29 is 0 Å². The van der Waals surface area contributed by atoms with Crippen molar-refractivity contribution in [3.63, 3.8) is 0 Å². The smallest absolute Gasteiger partial charge is 0.0792 e. The van der Waals surface area contributed by atoms with E-state index in [1.165, 1.54) is 69.7 Å². The van der Waals surface area contributed by atoms with Crippen LogP contribution in [0.3, 0.4) is 0 Å². The molecule has 3 rings (SSSR count). The molecule has 0 nitrogen and oxygen atoms in total. The van der Waals surface area contributed by atoms with Gasteiger partial charge >= 0.3 is 0 Å². The van der Waals surface area contributed by atoms with Gasteiger partial charge in [-0.3, -0.25) is 0 Å². The van der Waals surface area contributed by atoms with Crippen molar-refractivity contribution in [3.05, 3.63) is 107 Å². The Morgan fingerprint density at radius 3 is 1.05 bits per heavy atom. The third-order valence-corrected chi connectivity index (χ3v) is 21.0. The van der Waals surface area contributed by atoms with Gasteiger partial charge in [0.2, 0.25) is 0 Å². The lowest BCUT2D eigenvalue weighted by atomic mass is 9.92. The zero-order valence-electron chi connectivity index (χ0n) is 25.3. The van der Waals surface area contributed by atoms with Crippen molar-refractivity contribution in [2.75, 3.05) is 0 Å². The first kappa shape index (κ1) is 30.1. The monoisotopic (exact) mass is 538 g/mol. The quantitative estimate of drug-likeness (QED) is 0.201. The molecule has 0 fully saturated rings. The van der Waals surface area contributed by atoms with E-state index in [1.54, 1.807) is 10.4 Å². The number of hydrogen-bond acceptors (Lipinski definition) is 0. The van der Waals surface area contributed by atoms with Crippen LogP contribution in [0.2, 0.25) is 36.3 Å². The summed E-state index contributed by atoms with van der Waals surface area (Å²) < 4.78 is 0. The molecule has 3 aromatic rings. The lowest BCUT2D eigenvalue weighted by Gasteiger charge is -2.29. The zero-order valence-corrected chi connectivity index (χ0v) is 27.3. The summed E-state index contributed by atoms with van der Waals surface area (Å²) in [6.45, 7) is 18.7. The SMILES string of the molecule is C/C=C(/c1ccc([Si](CC)(CC)CC)cc1)c1cccc(/C(=C/C)c2ccc([Si](CC)(CC)CC)cc2)c1. The molecule has 0 amide bonds. The molecule has 0 unspecified atom stereocenters. The fourth-order valence-electron chi connectivity index (χ4n) is 6.59. The van der Waals surface area contributed by atoms with Crippen molar-refractivity contribution >= 4 is 37.7 Å². The molecule has 0 radical (unpaired) electrons. The molecule has 0 heterocycles. The van der Waals surface area contributed by atoms with Crippen LogP contribution < -0.4 is 10.4 Å². The predicted molar refractivity (Wildman–Crippen MR) is 178 cm³/mol. The van der Waals surface area contributed by atoms with Gasteiger partial charge in [0.15, 0.2) is 0 Å². The first-order chi connectivity index (χ1) is 18.4. The maximum absolute atomic E-state index is 2.43. The Balaban J connectivity index is 1.94. The molecule has 0 bridgehead atoms. The van der Waals surface area contributed by atoms with E-state index < -0.39 is 16.1 Å². The van der Waals surface area contributed by atoms with Gasteiger partial charge in [-0.15, -0.1) is 0 Å². The number of rotatable bonds is 12. The fourth-order valence-corrected chi connectivity index (χ4v) is 13.8. The summed E-state index contributed by atoms with van der Waals surface area (Å²) in [6.07, 6.45) is 4.54. The Morgan fingerprint density at radius 2 is 0.789 bits per heavy atom. The Morgan fingerprint density at radius 1 is 0.474 bits per heavy atom. The molecule has 0 aromatic heterocycles. The lowest BCUT2D eigenvalue weighted by Crippen LogP contribution is -2.45. The second-order valence-corrected chi connectivity index (χ2v) is 21.3. The highest BCUT2D eigenvalue weighted by Crippen LogP contribution is 2.30. The molecule has 2 heteroatoms. The molecule has 0 spiro atoms. The number of allylic oxidation sites excluding steroid dienone is 2. The molecular weight excluding hydrogens is 489 g/mol. The van der Waals surface area contributed by atoms with E-state index in [4.69, 9.17) is 0 Å². The van der Waals surface area contributed by atoms with Gasteiger partial charge in [0.05, 0.1) is 16.1 Å². The minimum absolute atomic E-state index is 1.29. The van der Waals surface area contributed by atoms with Gasteiger partial charge in [0.1, 0.15) is 0 Å². The second-order valence-electron chi connectivity index (χ2n) is 10.8. The number of hydrogen-bond donors (Lipinski definition) is 0. The summed E-state index contributed by atoms with van der Waals surface area (Å²) in [5, 5.41) is 3.22. The van der Waals surface area contributed by atoms with Gasteiger partial charge in [-0.05, 0) is 53.3 Å². The van der Waals surface area contributed by atoms with Gasteiger partial charge in [-0.25, -0.2) is 0 Å². The topological polar surface area (TPSA) is 0 Å². The van der Waals surface area contributed by atoms with E-state index in [-0.39, 0.29) is 0 Å². The van der Waals surface area contributed by atoms with E-state index in [0.717, 1.165) is 0 Å². The summed E-state index contributed by atoms with van der Waals surface area (Å²) in [7, 11) is -2.71. The summed E-state index contributed by atoms with van der Waals surface area (Å²) in [6, 6.07) is 36.2. The van der Waals surface area contributed by atoms with Gasteiger partial charge in [-0.2, -0.15) is 0 Å². The Hall–Kier alpha value is -2.43. The van der Waals surface area contributed by atoms with E-state index in [1.807, 2.05) is 0 Å². The largest absolute Gasteiger partial charge is 0.0859 e. The Labute approximate surface area is 235 Å². The molecule has 0 aliphatic carbocycles. The van der Waals surface area contributed by atoms with E-state index in [2.05, 4.69) is 140 Å². The van der Waals surface area contributed by atoms with E-state index in [0.29, 0.717) is 0 Å². The molecule has 0 aliphatic rings. The lowest BCUT2D eigenvalue weighted by molar-refractivity contribution is 1.19. The molecule has 38 heavy (non-hydrogen) atoms. The van der Waals surface area contributed by atoms with Crippen LogP contribution in [0.1, 0.15) is 77.6 Å². The first-order valence-electron chi connectivity index (χ1n) is 15.1. The minimum atomic E-state index is -1.36. The zero-order chi connectivity index (χ0) is 27.8. The second kappa shape index (κ2) is 13.6. The third-order valence-electron chi connectivity index (χ3n) is 9.74. The van der Waals surface area contributed by atoms with Gasteiger partial charge in [0, 0.05) is 0 Å². The van der Waals surface area contributed by atoms with Gasteiger partial charge in [-0.1, -0.05) is 167 Å². The molecule has 3 aromatic carbocycles. The average molecular weight is 539 g/mol. The molecular formula is C36H50Si2. The summed E-state index contributed by atoms with van der Waals surface area (Å²) in [4.78, 5) is 0. The first-order valence-corrected chi connectivity index (χ1v) is 20.3. The maximum Gasteiger partial charge on any atom is 0.0859 e. The highest BCUT2D eigenvalue weighted by Gasteiger charge is 2.29. The maximum atomic E-state index is 2.43. The van der Waals surface area contributed by atoms with E-state index >= 15 is 0 Å². The Kier molecular flexibility index (Phi) is 10.8. The highest BCUT2D eigenvalue weighted by atomic mass is 28.3. The van der Waals surface area contributed by atoms with Crippen molar-refractivity contribution in [1.29, 1.82) is 0 Å². The van der Waals surface area contributed by atoms with Gasteiger partial charge < -0.3 is 0 Å². The van der Waals surface area contributed by atoms with Crippen LogP contribution in [0.5, 0.6) is 0 Å². The van der Waals surface area contributed by atoms with Crippen molar-refractivity contribution in [2.45, 2.75) is 91.7 Å². The summed E-state index contributed by atoms with van der Waals surface area (Å²) in [5.41, 5.74) is 7.81. The molecule has 202 valence electrons. The van der Waals surface area contributed by atoms with Crippen LogP contribution in [0.4, 0.5) is 0 Å². The molecule has 0 atom stereocenters. The average Bonchev–Trinajstić information content (AvgIpc) is 2.98. The number of benzene rings is 3. The van der Waals surface area contributed by atoms with Crippen LogP contribution in [0.15, 0.2) is 84.9 Å². The summed E-state index contributed by atoms with van der Waals surface area (Å²) >= 11 is 0. The molecule has 0 N–H and O–H groups in total. The normalized spacial score (nSPS) is 13.2. The molecule has 0 aliphatic heterocycles. The van der Waals surface area contributed by atoms with Crippen molar-refractivity contribution in [1.82, 2.24) is 0 Å². The van der Waals surface area contributed by atoms with Crippen LogP contribution in [0, 0.1) is 0 Å². The van der Waals surface area contributed by atoms with Crippen LogP contribution >= 0.6 is 0 Å². The minimum Gasteiger partial charge on any atom is -0.0792 e. The van der Waals surface area contributed by atoms with E-state index in [9.17, 15) is 0 Å². The third kappa shape index (κ3) is 5.92. The fraction of sp³-hybridized carbons (Fsp3) is 0.389. The van der Waals surface area contributed by atoms with Crippen LogP contribution in [0.25, 0.3) is 11.1 Å². The molecule has 0 saturated carbocycles. The highest BCUT2D eigenvalue weighted by molar-refractivity contribution is 6.92. The molecule has 0 saturated heterocycles. The predicted octanol–water partition coefficient (Wildman–Crippen LogP) is 10.0. The van der Waals surface area contributed by atoms with Crippen molar-refractivity contribution in [3.8, 4) is 0 Å².